The number of hydrogen-bond donors (Lipinski definition) is 1. The van der Waals surface area contributed by atoms with E-state index in [0.29, 0.717) is 30.0 Å². The van der Waals surface area contributed by atoms with E-state index >= 15 is 0 Å². The SMILES string of the molecule is O=C(c1cnn2c(O)cc(-c3ccccc3)nc12)N1CCc2ccccc2C1. The quantitative estimate of drug-likeness (QED) is 0.588. The highest BCUT2D eigenvalue weighted by Crippen LogP contribution is 2.26. The van der Waals surface area contributed by atoms with E-state index in [-0.39, 0.29) is 11.8 Å². The van der Waals surface area contributed by atoms with Crippen LogP contribution in [-0.2, 0) is 13.0 Å². The molecular weight excluding hydrogens is 352 g/mol. The average molecular weight is 370 g/mol. The first kappa shape index (κ1) is 16.5. The molecule has 4 aromatic rings. The van der Waals surface area contributed by atoms with Gasteiger partial charge in [0.15, 0.2) is 5.65 Å². The van der Waals surface area contributed by atoms with E-state index in [1.807, 2.05) is 47.4 Å². The van der Waals surface area contributed by atoms with Gasteiger partial charge >= 0.3 is 0 Å². The number of fused-ring (bicyclic) bond motifs is 2. The first-order valence-electron chi connectivity index (χ1n) is 9.20. The van der Waals surface area contributed by atoms with Gasteiger partial charge in [-0.05, 0) is 17.5 Å². The van der Waals surface area contributed by atoms with Crippen molar-refractivity contribution in [2.45, 2.75) is 13.0 Å². The van der Waals surface area contributed by atoms with Gasteiger partial charge in [0.05, 0.1) is 11.9 Å². The Bertz CT molecular complexity index is 1180. The molecule has 6 heteroatoms. The van der Waals surface area contributed by atoms with Crippen LogP contribution in [0.4, 0.5) is 0 Å². The molecule has 2 aromatic heterocycles. The zero-order valence-corrected chi connectivity index (χ0v) is 15.1. The van der Waals surface area contributed by atoms with Crippen LogP contribution in [0.1, 0.15) is 21.5 Å². The van der Waals surface area contributed by atoms with Crippen molar-refractivity contribution in [2.24, 2.45) is 0 Å². The van der Waals surface area contributed by atoms with E-state index in [2.05, 4.69) is 22.2 Å². The van der Waals surface area contributed by atoms with Crippen LogP contribution in [0, 0.1) is 0 Å². The van der Waals surface area contributed by atoms with Crippen molar-refractivity contribution in [1.82, 2.24) is 19.5 Å². The van der Waals surface area contributed by atoms with Crippen molar-refractivity contribution in [3.63, 3.8) is 0 Å². The van der Waals surface area contributed by atoms with E-state index in [1.54, 1.807) is 6.07 Å². The summed E-state index contributed by atoms with van der Waals surface area (Å²) in [5.74, 6) is -0.173. The molecule has 0 fully saturated rings. The van der Waals surface area contributed by atoms with Gasteiger partial charge in [-0.2, -0.15) is 9.61 Å². The lowest BCUT2D eigenvalue weighted by Gasteiger charge is -2.28. The Balaban J connectivity index is 1.54. The lowest BCUT2D eigenvalue weighted by Crippen LogP contribution is -2.35. The minimum Gasteiger partial charge on any atom is -0.493 e. The molecule has 5 rings (SSSR count). The Kier molecular flexibility index (Phi) is 3.83. The normalized spacial score (nSPS) is 13.5. The number of aromatic nitrogens is 3. The fraction of sp³-hybridized carbons (Fsp3) is 0.136. The van der Waals surface area contributed by atoms with Crippen molar-refractivity contribution in [3.8, 4) is 17.1 Å². The zero-order valence-electron chi connectivity index (χ0n) is 15.1. The Morgan fingerprint density at radius 2 is 1.75 bits per heavy atom. The van der Waals surface area contributed by atoms with Crippen molar-refractivity contribution >= 4 is 11.6 Å². The molecule has 1 aliphatic heterocycles. The van der Waals surface area contributed by atoms with Crippen molar-refractivity contribution in [1.29, 1.82) is 0 Å². The van der Waals surface area contributed by atoms with E-state index in [1.165, 1.54) is 21.8 Å². The summed E-state index contributed by atoms with van der Waals surface area (Å²) in [6, 6.07) is 19.3. The van der Waals surface area contributed by atoms with E-state index < -0.39 is 0 Å². The smallest absolute Gasteiger partial charge is 0.259 e. The second-order valence-electron chi connectivity index (χ2n) is 6.90. The predicted octanol–water partition coefficient (Wildman–Crippen LogP) is 3.30. The summed E-state index contributed by atoms with van der Waals surface area (Å²) in [5.41, 5.74) is 4.68. The van der Waals surface area contributed by atoms with Gasteiger partial charge in [-0.15, -0.1) is 0 Å². The summed E-state index contributed by atoms with van der Waals surface area (Å²) >= 11 is 0. The topological polar surface area (TPSA) is 70.7 Å². The van der Waals surface area contributed by atoms with Gasteiger partial charge in [-0.25, -0.2) is 4.98 Å². The molecule has 0 saturated heterocycles. The van der Waals surface area contributed by atoms with Crippen LogP contribution in [0.25, 0.3) is 16.9 Å². The van der Waals surface area contributed by atoms with Gasteiger partial charge in [0, 0.05) is 24.7 Å². The highest BCUT2D eigenvalue weighted by molar-refractivity contribution is 6.00. The Morgan fingerprint density at radius 3 is 2.57 bits per heavy atom. The number of benzene rings is 2. The third kappa shape index (κ3) is 2.70. The number of aromatic hydroxyl groups is 1. The molecule has 0 bridgehead atoms. The largest absolute Gasteiger partial charge is 0.493 e. The molecule has 6 nitrogen and oxygen atoms in total. The highest BCUT2D eigenvalue weighted by Gasteiger charge is 2.25. The van der Waals surface area contributed by atoms with Gasteiger partial charge in [0.1, 0.15) is 5.56 Å². The molecule has 0 radical (unpaired) electrons. The minimum absolute atomic E-state index is 0.0492. The van der Waals surface area contributed by atoms with E-state index in [0.717, 1.165) is 12.0 Å². The molecule has 2 aromatic carbocycles. The van der Waals surface area contributed by atoms with Crippen LogP contribution in [0.5, 0.6) is 5.88 Å². The summed E-state index contributed by atoms with van der Waals surface area (Å²) in [6.45, 7) is 1.22. The maximum Gasteiger partial charge on any atom is 0.259 e. The highest BCUT2D eigenvalue weighted by atomic mass is 16.3. The Labute approximate surface area is 161 Å². The molecule has 0 aliphatic carbocycles. The third-order valence-electron chi connectivity index (χ3n) is 5.17. The molecule has 0 atom stereocenters. The zero-order chi connectivity index (χ0) is 19.1. The molecule has 0 saturated carbocycles. The predicted molar refractivity (Wildman–Crippen MR) is 105 cm³/mol. The fourth-order valence-electron chi connectivity index (χ4n) is 3.69. The van der Waals surface area contributed by atoms with Crippen molar-refractivity contribution in [3.05, 3.63) is 83.6 Å². The summed E-state index contributed by atoms with van der Waals surface area (Å²) in [6.07, 6.45) is 2.31. The van der Waals surface area contributed by atoms with Crippen LogP contribution >= 0.6 is 0 Å². The summed E-state index contributed by atoms with van der Waals surface area (Å²) in [4.78, 5) is 19.6. The number of rotatable bonds is 2. The van der Waals surface area contributed by atoms with Gasteiger partial charge in [-0.3, -0.25) is 4.79 Å². The summed E-state index contributed by atoms with van der Waals surface area (Å²) in [5, 5.41) is 14.6. The number of nitrogens with zero attached hydrogens (tertiary/aromatic N) is 4. The first-order valence-corrected chi connectivity index (χ1v) is 9.20. The third-order valence-corrected chi connectivity index (χ3v) is 5.17. The maximum atomic E-state index is 13.2. The van der Waals surface area contributed by atoms with E-state index in [9.17, 15) is 9.90 Å². The van der Waals surface area contributed by atoms with Crippen LogP contribution < -0.4 is 0 Å². The molecule has 28 heavy (non-hydrogen) atoms. The molecular formula is C22H18N4O2. The summed E-state index contributed by atoms with van der Waals surface area (Å²) in [7, 11) is 0. The summed E-state index contributed by atoms with van der Waals surface area (Å²) < 4.78 is 1.30. The standard InChI is InChI=1S/C22H18N4O2/c27-20-12-19(16-7-2-1-3-8-16)24-21-18(13-23-26(20)21)22(28)25-11-10-15-6-4-5-9-17(15)14-25/h1-9,12-13,27H,10-11,14H2. The molecule has 0 unspecified atom stereocenters. The minimum atomic E-state index is -0.124. The van der Waals surface area contributed by atoms with Gasteiger partial charge in [-0.1, -0.05) is 54.6 Å². The van der Waals surface area contributed by atoms with Crippen molar-refractivity contribution in [2.75, 3.05) is 6.54 Å². The number of carbonyl (C=O) groups is 1. The average Bonchev–Trinajstić information content (AvgIpc) is 3.18. The van der Waals surface area contributed by atoms with Crippen LogP contribution in [0.2, 0.25) is 0 Å². The number of carbonyl (C=O) groups excluding carboxylic acids is 1. The molecule has 3 heterocycles. The maximum absolute atomic E-state index is 13.2. The second-order valence-corrected chi connectivity index (χ2v) is 6.90. The Hall–Kier alpha value is -3.67. The number of hydrogen-bond acceptors (Lipinski definition) is 4. The Morgan fingerprint density at radius 1 is 1.00 bits per heavy atom. The fourth-order valence-corrected chi connectivity index (χ4v) is 3.69. The molecule has 138 valence electrons. The monoisotopic (exact) mass is 370 g/mol. The van der Waals surface area contributed by atoms with Crippen molar-refractivity contribution < 1.29 is 9.90 Å². The second kappa shape index (κ2) is 6.49. The molecule has 1 aliphatic rings. The lowest BCUT2D eigenvalue weighted by atomic mass is 9.99. The van der Waals surface area contributed by atoms with Gasteiger partial charge in [0.2, 0.25) is 5.88 Å². The van der Waals surface area contributed by atoms with Crippen LogP contribution in [0.3, 0.4) is 0 Å². The first-order chi connectivity index (χ1) is 13.7. The van der Waals surface area contributed by atoms with Crippen LogP contribution in [-0.4, -0.2) is 37.1 Å². The lowest BCUT2D eigenvalue weighted by molar-refractivity contribution is 0.0736. The van der Waals surface area contributed by atoms with E-state index in [4.69, 9.17) is 0 Å². The molecule has 1 N–H and O–H groups in total. The van der Waals surface area contributed by atoms with Crippen LogP contribution in [0.15, 0.2) is 66.9 Å². The number of amides is 1. The van der Waals surface area contributed by atoms with Gasteiger partial charge < -0.3 is 10.0 Å². The molecule has 1 amide bonds. The van der Waals surface area contributed by atoms with Gasteiger partial charge in [0.25, 0.3) is 5.91 Å². The molecule has 0 spiro atoms.